The van der Waals surface area contributed by atoms with Gasteiger partial charge in [0, 0.05) is 0 Å². The second-order valence-electron chi connectivity index (χ2n) is 6.67. The van der Waals surface area contributed by atoms with Crippen LogP contribution in [0.1, 0.15) is 110 Å². The predicted molar refractivity (Wildman–Crippen MR) is 104 cm³/mol. The number of thiocarbonyl (C=S) groups is 1. The van der Waals surface area contributed by atoms with Crippen molar-refractivity contribution >= 4 is 17.3 Å². The van der Waals surface area contributed by atoms with Crippen LogP contribution in [-0.4, -0.2) is 11.2 Å². The van der Waals surface area contributed by atoms with Gasteiger partial charge in [0.2, 0.25) is 0 Å². The predicted octanol–water partition coefficient (Wildman–Crippen LogP) is 7.11. The van der Waals surface area contributed by atoms with Gasteiger partial charge in [-0.3, -0.25) is 0 Å². The summed E-state index contributed by atoms with van der Waals surface area (Å²) in [6.07, 6.45) is 19.4. The molecule has 0 aliphatic heterocycles. The quantitative estimate of drug-likeness (QED) is 0.222. The van der Waals surface area contributed by atoms with Crippen LogP contribution in [0.5, 0.6) is 0 Å². The van der Waals surface area contributed by atoms with Gasteiger partial charge in [-0.05, 0) is 32.0 Å². The molecule has 0 spiro atoms. The van der Waals surface area contributed by atoms with Crippen LogP contribution in [0.2, 0.25) is 0 Å². The third-order valence-corrected chi connectivity index (χ3v) is 4.51. The van der Waals surface area contributed by atoms with E-state index in [9.17, 15) is 0 Å². The smallest absolute Gasteiger partial charge is 0.174 e. The molecule has 1 unspecified atom stereocenters. The molecule has 134 valence electrons. The van der Waals surface area contributed by atoms with Crippen LogP contribution in [0.15, 0.2) is 0 Å². The lowest BCUT2D eigenvalue weighted by Gasteiger charge is -2.13. The maximum Gasteiger partial charge on any atom is 0.174 e. The van der Waals surface area contributed by atoms with E-state index in [1.807, 2.05) is 13.0 Å². The standard InChI is InChI=1S/C20H37NOS/c1-3-4-5-6-7-8-9-10-11-12-13-14-15-16-19(2)22-20(23)17-18-21/h19H,3-17H2,1-2H3. The lowest BCUT2D eigenvalue weighted by Crippen LogP contribution is -2.12. The minimum absolute atomic E-state index is 0.156. The Balaban J connectivity index is 3.18. The molecule has 0 rings (SSSR count). The fourth-order valence-corrected chi connectivity index (χ4v) is 3.07. The normalized spacial score (nSPS) is 11.9. The molecule has 0 fully saturated rings. The molecule has 0 aromatic rings. The zero-order chi connectivity index (χ0) is 17.2. The van der Waals surface area contributed by atoms with Gasteiger partial charge in [0.1, 0.15) is 6.42 Å². The van der Waals surface area contributed by atoms with E-state index in [1.54, 1.807) is 0 Å². The van der Waals surface area contributed by atoms with Gasteiger partial charge >= 0.3 is 0 Å². The Hall–Kier alpha value is -0.620. The Morgan fingerprint density at radius 1 is 0.870 bits per heavy atom. The lowest BCUT2D eigenvalue weighted by atomic mass is 10.0. The van der Waals surface area contributed by atoms with E-state index in [4.69, 9.17) is 22.2 Å². The molecule has 0 aromatic heterocycles. The second kappa shape index (κ2) is 17.7. The molecular formula is C20H37NOS. The molecule has 0 bridgehead atoms. The highest BCUT2D eigenvalue weighted by Gasteiger charge is 2.05. The minimum atomic E-state index is 0.156. The number of nitrogens with zero attached hydrogens (tertiary/aromatic N) is 1. The second-order valence-corrected chi connectivity index (χ2v) is 7.12. The third kappa shape index (κ3) is 17.6. The van der Waals surface area contributed by atoms with Gasteiger partial charge in [-0.2, -0.15) is 5.26 Å². The molecule has 0 radical (unpaired) electrons. The van der Waals surface area contributed by atoms with Crippen LogP contribution >= 0.6 is 12.2 Å². The van der Waals surface area contributed by atoms with E-state index < -0.39 is 0 Å². The first-order valence-corrected chi connectivity index (χ1v) is 10.2. The number of hydrogen-bond acceptors (Lipinski definition) is 3. The van der Waals surface area contributed by atoms with E-state index in [0.29, 0.717) is 5.05 Å². The van der Waals surface area contributed by atoms with Crippen molar-refractivity contribution in [3.05, 3.63) is 0 Å². The summed E-state index contributed by atoms with van der Waals surface area (Å²) in [5.74, 6) is 0. The monoisotopic (exact) mass is 339 g/mol. The molecule has 3 heteroatoms. The third-order valence-electron chi connectivity index (χ3n) is 4.27. The summed E-state index contributed by atoms with van der Waals surface area (Å²) >= 11 is 4.99. The van der Waals surface area contributed by atoms with Crippen LogP contribution in [0.25, 0.3) is 0 Å². The summed E-state index contributed by atoms with van der Waals surface area (Å²) in [6.45, 7) is 4.32. The zero-order valence-corrected chi connectivity index (χ0v) is 16.3. The fraction of sp³-hybridized carbons (Fsp3) is 0.900. The Kier molecular flexibility index (Phi) is 17.3. The van der Waals surface area contributed by atoms with E-state index in [2.05, 4.69) is 6.92 Å². The molecule has 1 atom stereocenters. The lowest BCUT2D eigenvalue weighted by molar-refractivity contribution is 0.195. The van der Waals surface area contributed by atoms with Crippen LogP contribution < -0.4 is 0 Å². The molecule has 0 amide bonds. The summed E-state index contributed by atoms with van der Waals surface area (Å²) in [5.41, 5.74) is 0. The average molecular weight is 340 g/mol. The van der Waals surface area contributed by atoms with E-state index in [0.717, 1.165) is 6.42 Å². The Morgan fingerprint density at radius 3 is 1.74 bits per heavy atom. The fourth-order valence-electron chi connectivity index (χ4n) is 2.84. The maximum absolute atomic E-state index is 8.53. The minimum Gasteiger partial charge on any atom is -0.483 e. The maximum atomic E-state index is 8.53. The highest BCUT2D eigenvalue weighted by Crippen LogP contribution is 2.14. The van der Waals surface area contributed by atoms with Crippen molar-refractivity contribution in [3.8, 4) is 6.07 Å². The summed E-state index contributed by atoms with van der Waals surface area (Å²) in [7, 11) is 0. The zero-order valence-electron chi connectivity index (χ0n) is 15.4. The van der Waals surface area contributed by atoms with Crippen LogP contribution in [0.3, 0.4) is 0 Å². The van der Waals surface area contributed by atoms with Gasteiger partial charge in [0.05, 0.1) is 12.2 Å². The van der Waals surface area contributed by atoms with Crippen molar-refractivity contribution in [2.75, 3.05) is 0 Å². The Labute approximate surface area is 150 Å². The van der Waals surface area contributed by atoms with E-state index >= 15 is 0 Å². The van der Waals surface area contributed by atoms with Gasteiger partial charge in [0.15, 0.2) is 5.05 Å². The van der Waals surface area contributed by atoms with E-state index in [-0.39, 0.29) is 12.5 Å². The Morgan fingerprint density at radius 2 is 1.30 bits per heavy atom. The van der Waals surface area contributed by atoms with Crippen molar-refractivity contribution in [2.45, 2.75) is 116 Å². The first kappa shape index (κ1) is 22.4. The number of rotatable bonds is 16. The van der Waals surface area contributed by atoms with Crippen molar-refractivity contribution in [3.63, 3.8) is 0 Å². The first-order chi connectivity index (χ1) is 11.2. The van der Waals surface area contributed by atoms with Crippen LogP contribution in [-0.2, 0) is 4.74 Å². The van der Waals surface area contributed by atoms with Crippen LogP contribution in [0.4, 0.5) is 0 Å². The van der Waals surface area contributed by atoms with Gasteiger partial charge < -0.3 is 4.74 Å². The molecule has 23 heavy (non-hydrogen) atoms. The summed E-state index contributed by atoms with van der Waals surface area (Å²) in [6, 6.07) is 2.02. The SMILES string of the molecule is CCCCCCCCCCCCCCCC(C)OC(=S)CC#N. The van der Waals surface area contributed by atoms with Crippen LogP contribution in [0, 0.1) is 11.3 Å². The highest BCUT2D eigenvalue weighted by molar-refractivity contribution is 7.80. The number of nitriles is 1. The summed E-state index contributed by atoms with van der Waals surface area (Å²) in [4.78, 5) is 0. The highest BCUT2D eigenvalue weighted by atomic mass is 32.1. The van der Waals surface area contributed by atoms with Gasteiger partial charge in [-0.1, -0.05) is 84.0 Å². The number of hydrogen-bond donors (Lipinski definition) is 0. The molecule has 0 saturated carbocycles. The largest absolute Gasteiger partial charge is 0.483 e. The van der Waals surface area contributed by atoms with Gasteiger partial charge in [-0.15, -0.1) is 0 Å². The molecule has 0 aliphatic carbocycles. The molecule has 0 aromatic carbocycles. The molecule has 2 nitrogen and oxygen atoms in total. The summed E-state index contributed by atoms with van der Waals surface area (Å²) < 4.78 is 5.51. The van der Waals surface area contributed by atoms with Gasteiger partial charge in [-0.25, -0.2) is 0 Å². The molecule has 0 heterocycles. The molecular weight excluding hydrogens is 302 g/mol. The number of unbranched alkanes of at least 4 members (excludes halogenated alkanes) is 12. The van der Waals surface area contributed by atoms with Crippen molar-refractivity contribution in [1.82, 2.24) is 0 Å². The topological polar surface area (TPSA) is 33.0 Å². The van der Waals surface area contributed by atoms with Crippen molar-refractivity contribution in [2.24, 2.45) is 0 Å². The Bertz CT molecular complexity index is 311. The molecule has 0 N–H and O–H groups in total. The number of ether oxygens (including phenoxy) is 1. The average Bonchev–Trinajstić information content (AvgIpc) is 2.52. The van der Waals surface area contributed by atoms with E-state index in [1.165, 1.54) is 83.5 Å². The summed E-state index contributed by atoms with van der Waals surface area (Å²) in [5, 5.41) is 8.97. The first-order valence-electron chi connectivity index (χ1n) is 9.77. The molecule has 0 saturated heterocycles. The molecule has 0 aliphatic rings. The van der Waals surface area contributed by atoms with Crippen molar-refractivity contribution in [1.29, 1.82) is 5.26 Å². The van der Waals surface area contributed by atoms with Crippen molar-refractivity contribution < 1.29 is 4.74 Å². The van der Waals surface area contributed by atoms with Gasteiger partial charge in [0.25, 0.3) is 0 Å².